The van der Waals surface area contributed by atoms with Crippen LogP contribution in [0.2, 0.25) is 0 Å². The fourth-order valence-corrected chi connectivity index (χ4v) is 2.75. The van der Waals surface area contributed by atoms with Gasteiger partial charge in [-0.25, -0.2) is 4.39 Å². The Morgan fingerprint density at radius 2 is 1.86 bits per heavy atom. The minimum absolute atomic E-state index is 0.0302. The minimum Gasteiger partial charge on any atom is -0.496 e. The summed E-state index contributed by atoms with van der Waals surface area (Å²) in [4.78, 5) is 2.44. The lowest BCUT2D eigenvalue weighted by molar-refractivity contribution is 0.257. The zero-order chi connectivity index (χ0) is 15.7. The Hall–Kier alpha value is -1.13. The highest BCUT2D eigenvalue weighted by Gasteiger charge is 2.19. The number of hydrogen-bond acceptors (Lipinski definition) is 3. The smallest absolute Gasteiger partial charge is 0.131 e. The summed E-state index contributed by atoms with van der Waals surface area (Å²) in [7, 11) is 3.46. The van der Waals surface area contributed by atoms with E-state index in [1.54, 1.807) is 13.2 Å². The molecule has 21 heavy (non-hydrogen) atoms. The van der Waals surface area contributed by atoms with E-state index in [1.807, 2.05) is 13.1 Å². The molecule has 0 spiro atoms. The Kier molecular flexibility index (Phi) is 8.31. The van der Waals surface area contributed by atoms with Gasteiger partial charge in [0.15, 0.2) is 0 Å². The zero-order valence-electron chi connectivity index (χ0n) is 13.8. The van der Waals surface area contributed by atoms with Crippen molar-refractivity contribution in [3.8, 4) is 5.75 Å². The summed E-state index contributed by atoms with van der Waals surface area (Å²) >= 11 is 0. The normalized spacial score (nSPS) is 12.7. The molecule has 0 saturated heterocycles. The predicted molar refractivity (Wildman–Crippen MR) is 86.4 cm³/mol. The number of ether oxygens (including phenoxy) is 1. The highest BCUT2D eigenvalue weighted by atomic mass is 19.1. The van der Waals surface area contributed by atoms with Gasteiger partial charge in [0.1, 0.15) is 11.6 Å². The molecule has 1 atom stereocenters. The van der Waals surface area contributed by atoms with Crippen LogP contribution in [0, 0.1) is 5.82 Å². The summed E-state index contributed by atoms with van der Waals surface area (Å²) in [5.74, 6) is 0.415. The first-order valence-corrected chi connectivity index (χ1v) is 7.89. The summed E-state index contributed by atoms with van der Waals surface area (Å²) in [5.41, 5.74) is 0.635. The van der Waals surface area contributed by atoms with Gasteiger partial charge in [0.25, 0.3) is 0 Å². The van der Waals surface area contributed by atoms with Crippen LogP contribution in [0.3, 0.4) is 0 Å². The average Bonchev–Trinajstić information content (AvgIpc) is 2.49. The van der Waals surface area contributed by atoms with Gasteiger partial charge in [0.2, 0.25) is 0 Å². The molecule has 0 saturated carbocycles. The summed E-state index contributed by atoms with van der Waals surface area (Å²) < 4.78 is 19.5. The Morgan fingerprint density at radius 3 is 2.38 bits per heavy atom. The van der Waals surface area contributed by atoms with Crippen LogP contribution in [0.1, 0.15) is 44.7 Å². The molecule has 1 aromatic carbocycles. The molecule has 1 rings (SSSR count). The summed E-state index contributed by atoms with van der Waals surface area (Å²) in [6.07, 6.45) is 3.16. The third-order valence-electron chi connectivity index (χ3n) is 3.74. The van der Waals surface area contributed by atoms with Crippen molar-refractivity contribution in [3.05, 3.63) is 29.6 Å². The van der Waals surface area contributed by atoms with Gasteiger partial charge in [-0.15, -0.1) is 0 Å². The van der Waals surface area contributed by atoms with Crippen molar-refractivity contribution >= 4 is 0 Å². The van der Waals surface area contributed by atoms with Crippen LogP contribution in [-0.4, -0.2) is 38.7 Å². The molecule has 0 aliphatic carbocycles. The largest absolute Gasteiger partial charge is 0.496 e. The molecule has 1 unspecified atom stereocenters. The van der Waals surface area contributed by atoms with Crippen LogP contribution < -0.4 is 10.1 Å². The summed E-state index contributed by atoms with van der Waals surface area (Å²) in [6, 6.07) is 4.97. The van der Waals surface area contributed by atoms with Crippen molar-refractivity contribution in [2.75, 3.05) is 33.8 Å². The lowest BCUT2D eigenvalue weighted by Gasteiger charge is -2.25. The van der Waals surface area contributed by atoms with Gasteiger partial charge >= 0.3 is 0 Å². The van der Waals surface area contributed by atoms with Gasteiger partial charge < -0.3 is 15.0 Å². The number of methoxy groups -OCH3 is 1. The van der Waals surface area contributed by atoms with E-state index < -0.39 is 0 Å². The van der Waals surface area contributed by atoms with E-state index in [0.29, 0.717) is 11.3 Å². The number of hydrogen-bond donors (Lipinski definition) is 1. The average molecular weight is 296 g/mol. The molecular formula is C17H29FN2O. The zero-order valence-corrected chi connectivity index (χ0v) is 13.8. The van der Waals surface area contributed by atoms with Crippen molar-refractivity contribution in [2.24, 2.45) is 0 Å². The van der Waals surface area contributed by atoms with Crippen LogP contribution >= 0.6 is 0 Å². The number of rotatable bonds is 10. The first kappa shape index (κ1) is 17.9. The Labute approximate surface area is 128 Å². The number of nitrogens with one attached hydrogen (secondary N) is 1. The first-order valence-electron chi connectivity index (χ1n) is 7.89. The van der Waals surface area contributed by atoms with Crippen molar-refractivity contribution < 1.29 is 9.13 Å². The maximum Gasteiger partial charge on any atom is 0.131 e. The van der Waals surface area contributed by atoms with Crippen molar-refractivity contribution in [3.63, 3.8) is 0 Å². The van der Waals surface area contributed by atoms with E-state index in [2.05, 4.69) is 24.1 Å². The summed E-state index contributed by atoms with van der Waals surface area (Å²) in [5, 5.41) is 3.23. The molecule has 0 aliphatic heterocycles. The van der Waals surface area contributed by atoms with Crippen molar-refractivity contribution in [2.45, 2.75) is 39.2 Å². The van der Waals surface area contributed by atoms with Crippen molar-refractivity contribution in [1.82, 2.24) is 10.2 Å². The fourth-order valence-electron chi connectivity index (χ4n) is 2.75. The lowest BCUT2D eigenvalue weighted by Crippen LogP contribution is -2.30. The predicted octanol–water partition coefficient (Wildman–Crippen LogP) is 3.61. The molecule has 120 valence electrons. The Bertz CT molecular complexity index is 406. The molecule has 1 aromatic rings. The molecule has 4 heteroatoms. The van der Waals surface area contributed by atoms with E-state index >= 15 is 0 Å². The molecule has 0 aromatic heterocycles. The number of halogens is 1. The second-order valence-electron chi connectivity index (χ2n) is 5.33. The highest BCUT2D eigenvalue weighted by Crippen LogP contribution is 2.29. The van der Waals surface area contributed by atoms with Crippen molar-refractivity contribution in [1.29, 1.82) is 0 Å². The second-order valence-corrected chi connectivity index (χ2v) is 5.33. The van der Waals surface area contributed by atoms with Gasteiger partial charge in [-0.05, 0) is 58.1 Å². The molecule has 0 fully saturated rings. The molecule has 0 bridgehead atoms. The molecule has 0 radical (unpaired) electrons. The fraction of sp³-hybridized carbons (Fsp3) is 0.647. The van der Waals surface area contributed by atoms with Gasteiger partial charge in [0, 0.05) is 11.6 Å². The van der Waals surface area contributed by atoms with Crippen LogP contribution in [-0.2, 0) is 0 Å². The van der Waals surface area contributed by atoms with Crippen LogP contribution in [0.15, 0.2) is 18.2 Å². The van der Waals surface area contributed by atoms with Gasteiger partial charge in [0.05, 0.1) is 7.11 Å². The van der Waals surface area contributed by atoms with Gasteiger partial charge in [-0.3, -0.25) is 0 Å². The molecule has 3 nitrogen and oxygen atoms in total. The van der Waals surface area contributed by atoms with Crippen LogP contribution in [0.25, 0.3) is 0 Å². The van der Waals surface area contributed by atoms with Crippen LogP contribution in [0.4, 0.5) is 4.39 Å². The molecule has 0 amide bonds. The third kappa shape index (κ3) is 5.29. The van der Waals surface area contributed by atoms with E-state index in [1.165, 1.54) is 6.07 Å². The third-order valence-corrected chi connectivity index (χ3v) is 3.74. The van der Waals surface area contributed by atoms with E-state index in [4.69, 9.17) is 4.74 Å². The SMILES string of the molecule is CCCN(CCC)CCC(NC)c1c(F)cccc1OC. The van der Waals surface area contributed by atoms with Crippen LogP contribution in [0.5, 0.6) is 5.75 Å². The van der Waals surface area contributed by atoms with E-state index in [-0.39, 0.29) is 11.9 Å². The Morgan fingerprint density at radius 1 is 1.19 bits per heavy atom. The van der Waals surface area contributed by atoms with Gasteiger partial charge in [-0.2, -0.15) is 0 Å². The number of benzene rings is 1. The van der Waals surface area contributed by atoms with Gasteiger partial charge in [-0.1, -0.05) is 19.9 Å². The summed E-state index contributed by atoms with van der Waals surface area (Å²) in [6.45, 7) is 7.54. The molecular weight excluding hydrogens is 267 g/mol. The van der Waals surface area contributed by atoms with E-state index in [9.17, 15) is 4.39 Å². The minimum atomic E-state index is -0.203. The highest BCUT2D eigenvalue weighted by molar-refractivity contribution is 5.37. The lowest BCUT2D eigenvalue weighted by atomic mass is 10.0. The maximum atomic E-state index is 14.2. The number of nitrogens with zero attached hydrogens (tertiary/aromatic N) is 1. The molecule has 0 aliphatic rings. The monoisotopic (exact) mass is 296 g/mol. The Balaban J connectivity index is 2.79. The molecule has 1 N–H and O–H groups in total. The molecule has 0 heterocycles. The quantitative estimate of drug-likeness (QED) is 0.714. The van der Waals surface area contributed by atoms with E-state index in [0.717, 1.165) is 38.9 Å². The standard InChI is InChI=1S/C17H29FN2O/c1-5-11-20(12-6-2)13-10-15(19-3)17-14(18)8-7-9-16(17)21-4/h7-9,15,19H,5-6,10-13H2,1-4H3. The maximum absolute atomic E-state index is 14.2. The topological polar surface area (TPSA) is 24.5 Å². The second kappa shape index (κ2) is 9.74. The first-order chi connectivity index (χ1) is 10.2.